The maximum absolute atomic E-state index is 12.6. The Morgan fingerprint density at radius 3 is 1.23 bits per heavy atom. The molecular weight excluding hydrogens is 1980 g/mol. The molecule has 33 heteroatoms. The van der Waals surface area contributed by atoms with E-state index in [4.69, 9.17) is 14.7 Å². The van der Waals surface area contributed by atoms with E-state index in [-0.39, 0.29) is 74.4 Å². The second-order valence-electron chi connectivity index (χ2n) is 39.8. The van der Waals surface area contributed by atoms with Crippen molar-refractivity contribution in [2.24, 2.45) is 29.6 Å². The van der Waals surface area contributed by atoms with Gasteiger partial charge in [0.1, 0.15) is 28.9 Å². The summed E-state index contributed by atoms with van der Waals surface area (Å²) in [5, 5.41) is 70.7. The Morgan fingerprint density at radius 2 is 0.855 bits per heavy atom. The maximum atomic E-state index is 12.6. The van der Waals surface area contributed by atoms with Crippen molar-refractivity contribution in [3.63, 3.8) is 0 Å². The van der Waals surface area contributed by atoms with Gasteiger partial charge in [-0.25, -0.2) is 14.6 Å². The van der Waals surface area contributed by atoms with Crippen molar-refractivity contribution in [2.75, 3.05) is 84.1 Å². The number of rotatable bonds is 38. The molecule has 30 nitrogen and oxygen atoms in total. The van der Waals surface area contributed by atoms with Gasteiger partial charge in [0, 0.05) is 115 Å². The van der Waals surface area contributed by atoms with Gasteiger partial charge in [-0.05, 0) is 237 Å². The standard InChI is InChI=1S/C26H34N4O2.C22H34N2O4.C22H32N2O4.C16H23BrN2O2.C10H21N.C6H3BrFNO2.C6H10O2.C4H8O2/c1-18(2)17-30(22-7-5-4-6-8-22)24-11-10-21(19(3)13-26(31)32)14-23(24)29-25-12-9-20(15-27)16-28-25;2*1-5-28-22(25)13-17(4)18-11-12-20(21(14-18)24(26)27)23(15-16(2)3)19-9-7-6-8-10-19;1-12(2)11-18(14-6-4-3-5-7-14)15-9-8-13(17)10-16(15)19(20)21;1-9(2)8-11-10-6-4-3-5-7-10;7-4-1-2-5(8)6(3-4)9(10)11;1-3-5-6(7)8-4-2;1-3-6-4(2)5/h9-12,14,16,18-19,22H,4-8,13,17H2,1-3H3,(H,28,29)(H,31,32);11-12,14,16-17,19H,5-10,13,15H2,1-4H3;11-14,16,19H,5-10,15H2,1-4H3;8-10,12,14H,3-7,11H2,1-2H3;9-11H,3-8H2,1-2H3;1-3H;3,5H,4H2,1-2H3;3H2,1-2H3/b;;17-13+;;;;5-3+;/t19-;17-;;;;;;/m11....../s1. The third-order valence-electron chi connectivity index (χ3n) is 25.2. The Labute approximate surface area is 878 Å². The summed E-state index contributed by atoms with van der Waals surface area (Å²) in [5.41, 5.74) is 7.76. The molecule has 0 bridgehead atoms. The third kappa shape index (κ3) is 48.0. The van der Waals surface area contributed by atoms with Gasteiger partial charge in [-0.1, -0.05) is 236 Å². The number of nitro benzene ring substituents is 4. The van der Waals surface area contributed by atoms with Crippen LogP contribution in [0.2, 0.25) is 0 Å². The van der Waals surface area contributed by atoms with Crippen LogP contribution in [0.25, 0.3) is 5.57 Å². The van der Waals surface area contributed by atoms with Gasteiger partial charge in [-0.2, -0.15) is 9.65 Å². The van der Waals surface area contributed by atoms with Crippen LogP contribution in [0, 0.1) is 87.2 Å². The number of aromatic nitrogens is 1. The summed E-state index contributed by atoms with van der Waals surface area (Å²) in [7, 11) is 0. The number of allylic oxidation sites excluding steroid dienone is 2. The van der Waals surface area contributed by atoms with Gasteiger partial charge >= 0.3 is 35.5 Å². The molecule has 5 saturated carbocycles. The van der Waals surface area contributed by atoms with E-state index in [1.807, 2.05) is 56.3 Å². The fourth-order valence-corrected chi connectivity index (χ4v) is 19.1. The van der Waals surface area contributed by atoms with Crippen molar-refractivity contribution in [2.45, 2.75) is 347 Å². The first-order valence-corrected chi connectivity index (χ1v) is 53.9. The Balaban J connectivity index is 0.000000363. The smallest absolute Gasteiger partial charge is 0.331 e. The second-order valence-corrected chi connectivity index (χ2v) is 41.6. The molecule has 3 N–H and O–H groups in total. The third-order valence-corrected chi connectivity index (χ3v) is 26.1. The number of benzene rings is 5. The minimum Gasteiger partial charge on any atom is -0.481 e. The molecule has 2 atom stereocenters. The number of nitriles is 1. The first kappa shape index (κ1) is 126. The monoisotopic (exact) mass is 2140 g/mol. The summed E-state index contributed by atoms with van der Waals surface area (Å²) in [6.07, 6.45) is 37.2. The lowest BCUT2D eigenvalue weighted by Gasteiger charge is -2.38. The first-order valence-electron chi connectivity index (χ1n) is 52.3. The highest BCUT2D eigenvalue weighted by molar-refractivity contribution is 9.10. The fraction of sp³-hybridized carbons (Fsp3) is 0.598. The molecule has 0 radical (unpaired) electrons. The lowest BCUT2D eigenvalue weighted by molar-refractivity contribution is -0.387. The number of anilines is 6. The van der Waals surface area contributed by atoms with E-state index < -0.39 is 28.4 Å². The number of aliphatic carboxylic acids is 1. The second kappa shape index (κ2) is 69.2. The number of nitrogens with one attached hydrogen (secondary N) is 2. The van der Waals surface area contributed by atoms with Gasteiger partial charge in [-0.3, -0.25) is 54.8 Å². The Morgan fingerprint density at radius 1 is 0.476 bits per heavy atom. The Kier molecular flexibility index (Phi) is 60.3. The number of ether oxygens (including phenoxy) is 4. The number of carboxylic acid groups (broad SMARTS) is 1. The molecule has 802 valence electrons. The van der Waals surface area contributed by atoms with Gasteiger partial charge in [0.2, 0.25) is 5.82 Å². The highest BCUT2D eigenvalue weighted by Gasteiger charge is 2.34. The number of hydrogen-bond acceptors (Lipinski definition) is 25. The number of esters is 4. The summed E-state index contributed by atoms with van der Waals surface area (Å²) >= 11 is 6.33. The number of carbonyl (C=O) groups is 5. The van der Waals surface area contributed by atoms with Gasteiger partial charge in [0.15, 0.2) is 0 Å². The van der Waals surface area contributed by atoms with Gasteiger partial charge in [0.25, 0.3) is 17.1 Å². The topological polar surface area (TPSA) is 389 Å². The van der Waals surface area contributed by atoms with E-state index in [1.165, 1.54) is 154 Å². The van der Waals surface area contributed by atoms with E-state index in [0.717, 1.165) is 121 Å². The molecule has 0 aliphatic heterocycles. The number of carboxylic acids is 1. The molecule has 5 aliphatic rings. The summed E-state index contributed by atoms with van der Waals surface area (Å²) < 4.78 is 32.7. The van der Waals surface area contributed by atoms with Crippen molar-refractivity contribution < 1.29 is 72.1 Å². The first-order chi connectivity index (χ1) is 69.0. The number of pyridine rings is 1. The molecule has 0 saturated heterocycles. The highest BCUT2D eigenvalue weighted by Crippen LogP contribution is 2.43. The van der Waals surface area contributed by atoms with Crippen LogP contribution in [0.15, 0.2) is 136 Å². The zero-order valence-electron chi connectivity index (χ0n) is 89.5. The number of nitrogens with zero attached hydrogens (tertiary/aromatic N) is 10. The summed E-state index contributed by atoms with van der Waals surface area (Å²) in [4.78, 5) is 112. The van der Waals surface area contributed by atoms with Gasteiger partial charge < -0.3 is 54.3 Å². The van der Waals surface area contributed by atoms with E-state index in [0.29, 0.717) is 113 Å². The van der Waals surface area contributed by atoms with Gasteiger partial charge in [0.05, 0.1) is 75.9 Å². The molecule has 145 heavy (non-hydrogen) atoms. The number of carbonyl (C=O) groups excluding carboxylic acids is 4. The number of halogens is 3. The van der Waals surface area contributed by atoms with Crippen LogP contribution in [0.3, 0.4) is 0 Å². The lowest BCUT2D eigenvalue weighted by atomic mass is 9.92. The van der Waals surface area contributed by atoms with Crippen molar-refractivity contribution in [1.82, 2.24) is 10.3 Å². The molecule has 0 amide bonds. The highest BCUT2D eigenvalue weighted by atomic mass is 79.9. The molecule has 11 rings (SSSR count). The van der Waals surface area contributed by atoms with Crippen LogP contribution in [-0.2, 0) is 42.9 Å². The van der Waals surface area contributed by atoms with Crippen LogP contribution < -0.4 is 30.2 Å². The van der Waals surface area contributed by atoms with Crippen LogP contribution in [0.4, 0.5) is 61.4 Å². The molecule has 6 aromatic rings. The lowest BCUT2D eigenvalue weighted by Crippen LogP contribution is -2.39. The molecule has 0 unspecified atom stereocenters. The zero-order chi connectivity index (χ0) is 108. The number of hydrogen-bond donors (Lipinski definition) is 3. The molecule has 5 fully saturated rings. The minimum atomic E-state index is -0.821. The normalized spacial score (nSPS) is 15.0. The SMILES string of the molecule is C/C=C/C(=O)OCC.CC(C)CN(c1ccc(Br)cc1[N+](=O)[O-])C1CCCCC1.CC(C)CN(c1ccc([C@H](C)CC(=O)O)cc1Nc1ccc(C#N)cn1)C1CCCCC1.CC(C)CNC1CCCCC1.CCOC(=O)/C=C(\C)c1ccc(N(CC(C)C)C2CCCCC2)c([N+](=O)[O-])c1.CCOC(=O)C[C@@H](C)c1ccc(N(CC(C)C)C2CCCCC2)c([N+](=O)[O-])c1.CCOC(C)=O.O=[N+]([O-])c1cc(Br)ccc1F. The fourth-order valence-electron chi connectivity index (χ4n) is 18.4. The van der Waals surface area contributed by atoms with E-state index in [2.05, 4.69) is 170 Å². The van der Waals surface area contributed by atoms with Crippen LogP contribution >= 0.6 is 31.9 Å². The van der Waals surface area contributed by atoms with Crippen LogP contribution in [0.1, 0.15) is 339 Å². The molecule has 1 heterocycles. The van der Waals surface area contributed by atoms with Gasteiger partial charge in [-0.15, -0.1) is 0 Å². The predicted octanol–water partition coefficient (Wildman–Crippen LogP) is 28.8. The average molecular weight is 2150 g/mol. The molecule has 5 aliphatic carbocycles. The zero-order valence-corrected chi connectivity index (χ0v) is 92.7. The molecule has 1 aromatic heterocycles. The van der Waals surface area contributed by atoms with E-state index in [9.17, 15) is 73.9 Å². The van der Waals surface area contributed by atoms with Crippen molar-refractivity contribution >= 4 is 124 Å². The van der Waals surface area contributed by atoms with E-state index >= 15 is 0 Å². The quantitative estimate of drug-likeness (QED) is 0.0107. The van der Waals surface area contributed by atoms with E-state index in [1.54, 1.807) is 78.1 Å². The van der Waals surface area contributed by atoms with Crippen molar-refractivity contribution in [3.8, 4) is 6.07 Å². The Bertz CT molecular complexity index is 5040. The maximum Gasteiger partial charge on any atom is 0.331 e. The number of nitro groups is 4. The molecule has 5 aromatic carbocycles. The summed E-state index contributed by atoms with van der Waals surface area (Å²) in [5.74, 6) is 0.275. The Hall–Kier alpha value is -11.0. The average Bonchev–Trinajstić information content (AvgIpc) is 0.794. The van der Waals surface area contributed by atoms with Crippen LogP contribution in [-0.4, -0.2) is 149 Å². The van der Waals surface area contributed by atoms with Crippen LogP contribution in [0.5, 0.6) is 0 Å². The summed E-state index contributed by atoms with van der Waals surface area (Å²) in [6.45, 7) is 44.0. The van der Waals surface area contributed by atoms with Crippen molar-refractivity contribution in [3.05, 3.63) is 205 Å². The largest absolute Gasteiger partial charge is 0.481 e. The van der Waals surface area contributed by atoms with Crippen molar-refractivity contribution in [1.29, 1.82) is 5.26 Å². The minimum absolute atomic E-state index is 0.0895. The molecule has 0 spiro atoms. The molecular formula is C112H165Br2FN12O18. The summed E-state index contributed by atoms with van der Waals surface area (Å²) in [6, 6.07) is 34.1. The predicted molar refractivity (Wildman–Crippen MR) is 587 cm³/mol.